The van der Waals surface area contributed by atoms with E-state index in [-0.39, 0.29) is 6.10 Å². The van der Waals surface area contributed by atoms with Gasteiger partial charge in [-0.25, -0.2) is 0 Å². The van der Waals surface area contributed by atoms with Gasteiger partial charge in [-0.1, -0.05) is 23.4 Å². The molecule has 2 rings (SSSR count). The largest absolute Gasteiger partial charge is 0.491 e. The maximum atomic E-state index is 5.76. The maximum Gasteiger partial charge on any atom is 0.223 e. The van der Waals surface area contributed by atoms with Crippen LogP contribution in [0.2, 0.25) is 0 Å². The van der Waals surface area contributed by atoms with Gasteiger partial charge in [0.1, 0.15) is 5.75 Å². The Balaban J connectivity index is 1.92. The van der Waals surface area contributed by atoms with Crippen LogP contribution in [0.15, 0.2) is 28.8 Å². The quantitative estimate of drug-likeness (QED) is 0.865. The van der Waals surface area contributed by atoms with Crippen LogP contribution in [-0.2, 0) is 13.1 Å². The molecule has 0 aliphatic carbocycles. The molecule has 0 bridgehead atoms. The molecule has 1 aromatic carbocycles. The highest BCUT2D eigenvalue weighted by Gasteiger charge is 2.06. The molecule has 19 heavy (non-hydrogen) atoms. The summed E-state index contributed by atoms with van der Waals surface area (Å²) in [5.41, 5.74) is 1.12. The van der Waals surface area contributed by atoms with Crippen molar-refractivity contribution < 1.29 is 9.26 Å². The molecule has 0 radical (unpaired) electrons. The predicted molar refractivity (Wildman–Crippen MR) is 71.8 cm³/mol. The van der Waals surface area contributed by atoms with E-state index in [9.17, 15) is 0 Å². The summed E-state index contributed by atoms with van der Waals surface area (Å²) in [6.07, 6.45) is 0.168. The zero-order valence-electron chi connectivity index (χ0n) is 11.5. The third-order valence-corrected chi connectivity index (χ3v) is 2.50. The van der Waals surface area contributed by atoms with Gasteiger partial charge in [0.15, 0.2) is 5.82 Å². The van der Waals surface area contributed by atoms with Gasteiger partial charge in [-0.3, -0.25) is 0 Å². The molecule has 1 N–H and O–H groups in total. The van der Waals surface area contributed by atoms with Crippen LogP contribution in [0.25, 0.3) is 0 Å². The lowest BCUT2D eigenvalue weighted by Gasteiger charge is -2.14. The summed E-state index contributed by atoms with van der Waals surface area (Å²) in [6.45, 7) is 7.10. The molecular weight excluding hydrogens is 242 g/mol. The minimum absolute atomic E-state index is 0.168. The van der Waals surface area contributed by atoms with Crippen LogP contribution in [0.1, 0.15) is 31.1 Å². The first-order chi connectivity index (χ1) is 9.15. The summed E-state index contributed by atoms with van der Waals surface area (Å²) in [4.78, 5) is 4.14. The van der Waals surface area contributed by atoms with E-state index in [2.05, 4.69) is 15.5 Å². The first kappa shape index (κ1) is 13.5. The fraction of sp³-hybridized carbons (Fsp3) is 0.429. The van der Waals surface area contributed by atoms with Gasteiger partial charge in [0, 0.05) is 19.0 Å². The number of aryl methyl sites for hydroxylation is 1. The third kappa shape index (κ3) is 4.06. The molecule has 0 unspecified atom stereocenters. The number of nitrogens with zero attached hydrogens (tertiary/aromatic N) is 2. The van der Waals surface area contributed by atoms with E-state index in [1.165, 1.54) is 0 Å². The molecule has 0 saturated carbocycles. The van der Waals surface area contributed by atoms with Gasteiger partial charge >= 0.3 is 0 Å². The predicted octanol–water partition coefficient (Wildman–Crippen LogP) is 2.46. The highest BCUT2D eigenvalue weighted by atomic mass is 16.5. The SMILES string of the molecule is Cc1nc(CNCc2ccccc2OC(C)C)no1. The highest BCUT2D eigenvalue weighted by molar-refractivity contribution is 5.33. The van der Waals surface area contributed by atoms with Crippen LogP contribution in [0.5, 0.6) is 5.75 Å². The van der Waals surface area contributed by atoms with E-state index in [0.717, 1.165) is 11.3 Å². The molecule has 1 heterocycles. The molecule has 0 aliphatic rings. The lowest BCUT2D eigenvalue weighted by Crippen LogP contribution is -2.15. The Bertz CT molecular complexity index is 523. The number of para-hydroxylation sites is 1. The fourth-order valence-electron chi connectivity index (χ4n) is 1.74. The van der Waals surface area contributed by atoms with Crippen molar-refractivity contribution in [3.63, 3.8) is 0 Å². The van der Waals surface area contributed by atoms with Crippen LogP contribution in [-0.4, -0.2) is 16.2 Å². The molecule has 2 aromatic rings. The zero-order valence-corrected chi connectivity index (χ0v) is 11.5. The monoisotopic (exact) mass is 261 g/mol. The topological polar surface area (TPSA) is 60.2 Å². The normalized spacial score (nSPS) is 10.9. The number of ether oxygens (including phenoxy) is 1. The number of nitrogens with one attached hydrogen (secondary N) is 1. The summed E-state index contributed by atoms with van der Waals surface area (Å²) in [5, 5.41) is 7.12. The number of hydrogen-bond acceptors (Lipinski definition) is 5. The van der Waals surface area contributed by atoms with Crippen LogP contribution in [0, 0.1) is 6.92 Å². The average molecular weight is 261 g/mol. The van der Waals surface area contributed by atoms with Gasteiger partial charge in [0.05, 0.1) is 12.6 Å². The molecule has 0 spiro atoms. The molecule has 5 nitrogen and oxygen atoms in total. The average Bonchev–Trinajstić information content (AvgIpc) is 2.77. The number of hydrogen-bond donors (Lipinski definition) is 1. The smallest absolute Gasteiger partial charge is 0.223 e. The van der Waals surface area contributed by atoms with E-state index in [0.29, 0.717) is 24.8 Å². The Morgan fingerprint density at radius 2 is 2.05 bits per heavy atom. The second-order valence-corrected chi connectivity index (χ2v) is 4.61. The summed E-state index contributed by atoms with van der Waals surface area (Å²) in [7, 11) is 0. The molecule has 1 aromatic heterocycles. The van der Waals surface area contributed by atoms with E-state index in [1.807, 2.05) is 38.1 Å². The number of benzene rings is 1. The zero-order chi connectivity index (χ0) is 13.7. The van der Waals surface area contributed by atoms with Crippen LogP contribution in [0.4, 0.5) is 0 Å². The van der Waals surface area contributed by atoms with Crippen LogP contribution < -0.4 is 10.1 Å². The molecule has 0 saturated heterocycles. The van der Waals surface area contributed by atoms with E-state index >= 15 is 0 Å². The van der Waals surface area contributed by atoms with Crippen molar-refractivity contribution in [2.75, 3.05) is 0 Å². The van der Waals surface area contributed by atoms with Gasteiger partial charge < -0.3 is 14.6 Å². The van der Waals surface area contributed by atoms with Gasteiger partial charge in [-0.2, -0.15) is 4.98 Å². The number of aromatic nitrogens is 2. The van der Waals surface area contributed by atoms with Crippen molar-refractivity contribution in [1.29, 1.82) is 0 Å². The molecule has 0 atom stereocenters. The Kier molecular flexibility index (Phi) is 4.52. The minimum Gasteiger partial charge on any atom is -0.491 e. The number of rotatable bonds is 6. The van der Waals surface area contributed by atoms with Crippen LogP contribution >= 0.6 is 0 Å². The van der Waals surface area contributed by atoms with Gasteiger partial charge in [-0.15, -0.1) is 0 Å². The summed E-state index contributed by atoms with van der Waals surface area (Å²) >= 11 is 0. The standard InChI is InChI=1S/C14H19N3O2/c1-10(2)18-13-7-5-4-6-12(13)8-15-9-14-16-11(3)19-17-14/h4-7,10,15H,8-9H2,1-3H3. The highest BCUT2D eigenvalue weighted by Crippen LogP contribution is 2.19. The molecule has 0 amide bonds. The Morgan fingerprint density at radius 3 is 2.74 bits per heavy atom. The minimum atomic E-state index is 0.168. The second-order valence-electron chi connectivity index (χ2n) is 4.61. The van der Waals surface area contributed by atoms with Crippen molar-refractivity contribution in [2.24, 2.45) is 0 Å². The maximum absolute atomic E-state index is 5.76. The molecule has 5 heteroatoms. The third-order valence-electron chi connectivity index (χ3n) is 2.50. The molecular formula is C14H19N3O2. The Morgan fingerprint density at radius 1 is 1.26 bits per heavy atom. The van der Waals surface area contributed by atoms with E-state index < -0.39 is 0 Å². The first-order valence-electron chi connectivity index (χ1n) is 6.39. The Hall–Kier alpha value is -1.88. The molecule has 0 aliphatic heterocycles. The van der Waals surface area contributed by atoms with Crippen LogP contribution in [0.3, 0.4) is 0 Å². The van der Waals surface area contributed by atoms with Crippen molar-refractivity contribution >= 4 is 0 Å². The Labute approximate surface area is 113 Å². The van der Waals surface area contributed by atoms with E-state index in [1.54, 1.807) is 6.92 Å². The first-order valence-corrected chi connectivity index (χ1v) is 6.39. The van der Waals surface area contributed by atoms with Gasteiger partial charge in [0.25, 0.3) is 0 Å². The summed E-state index contributed by atoms with van der Waals surface area (Å²) in [5.74, 6) is 2.16. The van der Waals surface area contributed by atoms with E-state index in [4.69, 9.17) is 9.26 Å². The van der Waals surface area contributed by atoms with Crippen molar-refractivity contribution in [3.8, 4) is 5.75 Å². The fourth-order valence-corrected chi connectivity index (χ4v) is 1.74. The van der Waals surface area contributed by atoms with Crippen molar-refractivity contribution in [3.05, 3.63) is 41.5 Å². The molecule has 102 valence electrons. The summed E-state index contributed by atoms with van der Waals surface area (Å²) < 4.78 is 10.7. The second kappa shape index (κ2) is 6.33. The van der Waals surface area contributed by atoms with Gasteiger partial charge in [-0.05, 0) is 19.9 Å². The van der Waals surface area contributed by atoms with Crippen molar-refractivity contribution in [2.45, 2.75) is 40.0 Å². The summed E-state index contributed by atoms with van der Waals surface area (Å²) in [6, 6.07) is 8.01. The lowest BCUT2D eigenvalue weighted by molar-refractivity contribution is 0.239. The molecule has 0 fully saturated rings. The van der Waals surface area contributed by atoms with Crippen molar-refractivity contribution in [1.82, 2.24) is 15.5 Å². The lowest BCUT2D eigenvalue weighted by atomic mass is 10.2. The van der Waals surface area contributed by atoms with Gasteiger partial charge in [0.2, 0.25) is 5.89 Å².